The van der Waals surface area contributed by atoms with Crippen molar-refractivity contribution in [3.8, 4) is 17.1 Å². The summed E-state index contributed by atoms with van der Waals surface area (Å²) in [5, 5.41) is 65.5. The van der Waals surface area contributed by atoms with Crippen molar-refractivity contribution in [1.82, 2.24) is 36.1 Å². The first-order chi connectivity index (χ1) is 39.8. The maximum Gasteiger partial charge on any atom is 0.407 e. The van der Waals surface area contributed by atoms with E-state index in [1.54, 1.807) is 19.9 Å². The molecule has 1 saturated heterocycles. The molecule has 3 aliphatic heterocycles. The van der Waals surface area contributed by atoms with Gasteiger partial charge in [-0.2, -0.15) is 0 Å². The van der Waals surface area contributed by atoms with E-state index in [0.717, 1.165) is 32.1 Å². The van der Waals surface area contributed by atoms with Crippen LogP contribution in [0.5, 0.6) is 5.75 Å². The lowest BCUT2D eigenvalue weighted by molar-refractivity contribution is -0.271. The number of nitrogens with one attached hydrogen (secondary N) is 5. The molecule has 9 rings (SSSR count). The molecule has 4 aromatic rings. The molecule has 444 valence electrons. The van der Waals surface area contributed by atoms with Gasteiger partial charge in [-0.1, -0.05) is 38.0 Å². The number of amides is 5. The Morgan fingerprint density at radius 2 is 1.69 bits per heavy atom. The number of alkyl carbamates (subject to hydrolysis) is 1. The minimum Gasteiger partial charge on any atom is -0.479 e. The molecule has 26 nitrogen and oxygen atoms in total. The largest absolute Gasteiger partial charge is 0.479 e. The lowest BCUT2D eigenvalue weighted by Gasteiger charge is -2.38. The predicted octanol–water partition coefficient (Wildman–Crippen LogP) is 0.670. The molecule has 5 heterocycles. The number of halogens is 1. The van der Waals surface area contributed by atoms with Crippen molar-refractivity contribution in [2.45, 2.75) is 133 Å². The van der Waals surface area contributed by atoms with Crippen LogP contribution in [0.3, 0.4) is 0 Å². The standard InChI is InChI=1S/C56H64FN7O19/c1-3-56(77)34-18-38-45-32(21-64(38)51(72)33(34)23-80-54(56)75)44-36(13-12-30-27(2)35(57)19-37(63-45)43(30)44)62-42(67)24-78-26-61-40(65)20-60-55(76)81-22-28-11-14-39(82-53-48(70)46(68)47(69)49(83-53)52(73)74)31(17-28)50(71)59-16-15-58-41(66)25-79-29-9-7-5-4-6-8-10-29/h7,9,11,14,17-19,29,36,46-49,53,68-70,77H,3-6,8,10,12-13,15-16,20-26H2,1-2H3,(H,58,66)(H,59,71)(H,60,76)(H,61,65)(H,62,67)(H,73,74)/t29?,36-,46-,47-,48+,49-,53+,56-/m0/s1. The van der Waals surface area contributed by atoms with E-state index in [1.807, 2.05) is 12.2 Å². The second-order valence-electron chi connectivity index (χ2n) is 20.7. The van der Waals surface area contributed by atoms with E-state index in [4.69, 9.17) is 33.4 Å². The van der Waals surface area contributed by atoms with Crippen LogP contribution in [0.4, 0.5) is 9.18 Å². The lowest BCUT2D eigenvalue weighted by Crippen LogP contribution is -2.61. The monoisotopic (exact) mass is 1160 g/mol. The number of benzene rings is 2. The van der Waals surface area contributed by atoms with Gasteiger partial charge in [0.1, 0.15) is 69.6 Å². The summed E-state index contributed by atoms with van der Waals surface area (Å²) in [6.45, 7) is 0.576. The van der Waals surface area contributed by atoms with Gasteiger partial charge in [0.25, 0.3) is 11.5 Å². The van der Waals surface area contributed by atoms with E-state index in [0.29, 0.717) is 57.4 Å². The molecule has 2 aromatic carbocycles. The third kappa shape index (κ3) is 12.8. The van der Waals surface area contributed by atoms with Crippen LogP contribution >= 0.6 is 0 Å². The minimum atomic E-state index is -2.07. The number of allylic oxidation sites excluding steroid dienone is 1. The number of carboxylic acid groups (broad SMARTS) is 1. The molecule has 0 spiro atoms. The van der Waals surface area contributed by atoms with Crippen molar-refractivity contribution in [3.63, 3.8) is 0 Å². The Hall–Kier alpha value is -7.92. The maximum absolute atomic E-state index is 15.4. The van der Waals surface area contributed by atoms with Gasteiger partial charge in [-0.25, -0.2) is 23.8 Å². The van der Waals surface area contributed by atoms with E-state index in [-0.39, 0.29) is 73.4 Å². The number of carboxylic acids is 1. The fourth-order valence-electron chi connectivity index (χ4n) is 10.8. The molecule has 8 atom stereocenters. The van der Waals surface area contributed by atoms with Crippen molar-refractivity contribution in [2.75, 3.05) is 39.6 Å². The predicted molar refractivity (Wildman–Crippen MR) is 284 cm³/mol. The number of ether oxygens (including phenoxy) is 6. The molecule has 0 radical (unpaired) electrons. The van der Waals surface area contributed by atoms with Crippen LogP contribution in [0.25, 0.3) is 22.3 Å². The summed E-state index contributed by atoms with van der Waals surface area (Å²) in [4.78, 5) is 108. The number of fused-ring (bicyclic) bond motifs is 5. The summed E-state index contributed by atoms with van der Waals surface area (Å²) in [6, 6.07) is 6.00. The van der Waals surface area contributed by atoms with E-state index in [2.05, 4.69) is 26.6 Å². The first-order valence-corrected chi connectivity index (χ1v) is 27.2. The van der Waals surface area contributed by atoms with Gasteiger partial charge >= 0.3 is 18.0 Å². The van der Waals surface area contributed by atoms with Crippen LogP contribution in [0.15, 0.2) is 47.3 Å². The SMILES string of the molecule is CC[C@@]1(O)C(=O)OCc2c1cc1n(c2=O)Cc2c-1nc1cc(F)c(C)c3c1c2[C@@H](NC(=O)COCNC(=O)CNC(=O)OCc1ccc(O[C@@H]2O[C@H](C(=O)O)[C@@H](O)[C@H](O)[C@H]2O)c(C(=O)NCCNC(=O)COC2C=CCCCCC2)c1)CC3. The zero-order valence-electron chi connectivity index (χ0n) is 45.3. The third-order valence-corrected chi connectivity index (χ3v) is 15.3. The van der Waals surface area contributed by atoms with Crippen LogP contribution in [0.1, 0.15) is 107 Å². The summed E-state index contributed by atoms with van der Waals surface area (Å²) in [5.74, 6) is -5.84. The summed E-state index contributed by atoms with van der Waals surface area (Å²) < 4.78 is 49.4. The molecular formula is C56H64FN7O19. The van der Waals surface area contributed by atoms with Crippen LogP contribution < -0.4 is 36.9 Å². The molecule has 10 N–H and O–H groups in total. The number of carbonyl (C=O) groups excluding carboxylic acids is 6. The Kier molecular flexibility index (Phi) is 18.5. The second-order valence-corrected chi connectivity index (χ2v) is 20.7. The highest BCUT2D eigenvalue weighted by Gasteiger charge is 2.49. The Morgan fingerprint density at radius 1 is 0.892 bits per heavy atom. The molecule has 1 fully saturated rings. The topological polar surface area (TPSA) is 371 Å². The lowest BCUT2D eigenvalue weighted by atomic mass is 9.81. The van der Waals surface area contributed by atoms with Crippen LogP contribution in [-0.4, -0.2) is 153 Å². The molecule has 83 heavy (non-hydrogen) atoms. The quantitative estimate of drug-likeness (QED) is 0.0222. The van der Waals surface area contributed by atoms with Gasteiger partial charge in [-0.05, 0) is 85.9 Å². The number of pyridine rings is 2. The summed E-state index contributed by atoms with van der Waals surface area (Å²) >= 11 is 0. The molecule has 2 aliphatic carbocycles. The fraction of sp³-hybridized carbons (Fsp3) is 0.482. The average molecular weight is 1160 g/mol. The smallest absolute Gasteiger partial charge is 0.407 e. The van der Waals surface area contributed by atoms with Crippen molar-refractivity contribution in [1.29, 1.82) is 0 Å². The van der Waals surface area contributed by atoms with Gasteiger partial charge in [-0.3, -0.25) is 24.0 Å². The van der Waals surface area contributed by atoms with Crippen molar-refractivity contribution in [3.05, 3.63) is 103 Å². The highest BCUT2D eigenvalue weighted by molar-refractivity contribution is 5.97. The van der Waals surface area contributed by atoms with E-state index < -0.39 is 122 Å². The zero-order chi connectivity index (χ0) is 59.3. The first kappa shape index (κ1) is 59.7. The Bertz CT molecular complexity index is 3320. The highest BCUT2D eigenvalue weighted by Crippen LogP contribution is 2.46. The molecule has 2 aromatic heterocycles. The average Bonchev–Trinajstić information content (AvgIpc) is 1.97. The number of aliphatic hydroxyl groups is 4. The van der Waals surface area contributed by atoms with Crippen molar-refractivity contribution < 1.29 is 91.9 Å². The van der Waals surface area contributed by atoms with Gasteiger partial charge in [0.15, 0.2) is 11.7 Å². The number of aromatic nitrogens is 2. The first-order valence-electron chi connectivity index (χ1n) is 27.2. The second kappa shape index (κ2) is 25.7. The minimum absolute atomic E-state index is 0.0169. The summed E-state index contributed by atoms with van der Waals surface area (Å²) in [6.07, 6.45) is -1.64. The molecule has 0 saturated carbocycles. The molecule has 1 unspecified atom stereocenters. The Morgan fingerprint density at radius 3 is 2.47 bits per heavy atom. The molecule has 5 amide bonds. The number of hydrogen-bond donors (Lipinski definition) is 10. The third-order valence-electron chi connectivity index (χ3n) is 15.3. The highest BCUT2D eigenvalue weighted by atomic mass is 19.1. The van der Waals surface area contributed by atoms with Gasteiger partial charge in [0, 0.05) is 35.7 Å². The van der Waals surface area contributed by atoms with Crippen LogP contribution in [-0.2, 0) is 79.4 Å². The number of nitrogens with zero attached hydrogens (tertiary/aromatic N) is 2. The number of esters is 1. The number of aliphatic carboxylic acids is 1. The van der Waals surface area contributed by atoms with Gasteiger partial charge in [-0.15, -0.1) is 0 Å². The van der Waals surface area contributed by atoms with Gasteiger partial charge in [0.05, 0.1) is 46.7 Å². The van der Waals surface area contributed by atoms with Crippen molar-refractivity contribution >= 4 is 52.6 Å². The summed E-state index contributed by atoms with van der Waals surface area (Å²) in [5.41, 5.74) is 0.926. The van der Waals surface area contributed by atoms with Gasteiger partial charge in [0.2, 0.25) is 24.0 Å². The van der Waals surface area contributed by atoms with E-state index >= 15 is 4.39 Å². The Labute approximate surface area is 472 Å². The normalized spacial score (nSPS) is 23.3. The molecule has 27 heteroatoms. The zero-order valence-corrected chi connectivity index (χ0v) is 45.3. The summed E-state index contributed by atoms with van der Waals surface area (Å²) in [7, 11) is 0. The van der Waals surface area contributed by atoms with E-state index in [1.165, 1.54) is 28.8 Å². The molecule has 5 aliphatic rings. The number of hydrogen-bond acceptors (Lipinski definition) is 19. The maximum atomic E-state index is 15.4. The molecular weight excluding hydrogens is 1090 g/mol. The number of aliphatic hydroxyl groups excluding tert-OH is 3. The van der Waals surface area contributed by atoms with Crippen molar-refractivity contribution in [2.24, 2.45) is 0 Å². The molecule has 0 bridgehead atoms. The number of aryl methyl sites for hydroxylation is 1. The fourth-order valence-corrected chi connectivity index (χ4v) is 10.8. The number of cyclic esters (lactones) is 1. The Balaban J connectivity index is 0.772. The van der Waals surface area contributed by atoms with Gasteiger partial charge < -0.3 is 85.1 Å². The van der Waals surface area contributed by atoms with Crippen LogP contribution in [0.2, 0.25) is 0 Å². The number of rotatable bonds is 20. The van der Waals surface area contributed by atoms with Crippen LogP contribution in [0, 0.1) is 12.7 Å². The number of carbonyl (C=O) groups is 7. The van der Waals surface area contributed by atoms with E-state index in [9.17, 15) is 63.9 Å².